The number of nitrogens with one attached hydrogen (secondary N) is 1. The van der Waals surface area contributed by atoms with Crippen LogP contribution in [0.3, 0.4) is 0 Å². The van der Waals surface area contributed by atoms with Crippen LogP contribution in [0, 0.1) is 12.7 Å². The topological polar surface area (TPSA) is 92.2 Å². The van der Waals surface area contributed by atoms with Crippen LogP contribution in [0.4, 0.5) is 10.1 Å². The van der Waals surface area contributed by atoms with Crippen LogP contribution in [0.15, 0.2) is 52.9 Å². The van der Waals surface area contributed by atoms with Crippen LogP contribution in [0.5, 0.6) is 5.75 Å². The van der Waals surface area contributed by atoms with Crippen LogP contribution < -0.4 is 5.32 Å². The summed E-state index contributed by atoms with van der Waals surface area (Å²) in [6, 6.07) is 10.4. The molecule has 4 rings (SSSR count). The molecule has 2 aromatic carbocycles. The third kappa shape index (κ3) is 4.49. The Morgan fingerprint density at radius 3 is 2.69 bits per heavy atom. The number of thiophene rings is 1. The summed E-state index contributed by atoms with van der Waals surface area (Å²) in [6.07, 6.45) is 0.640. The molecule has 0 saturated carbocycles. The number of carbonyl (C=O) groups is 2. The first-order valence-electron chi connectivity index (χ1n) is 9.63. The Morgan fingerprint density at radius 1 is 1.22 bits per heavy atom. The summed E-state index contributed by atoms with van der Waals surface area (Å²) < 4.78 is 13.4. The Balaban J connectivity index is 1.64. The Labute approximate surface area is 191 Å². The van der Waals surface area contributed by atoms with Crippen molar-refractivity contribution < 1.29 is 19.1 Å². The number of nitrogens with zero attached hydrogens (tertiary/aromatic N) is 2. The minimum Gasteiger partial charge on any atom is -0.506 e. The summed E-state index contributed by atoms with van der Waals surface area (Å²) in [5, 5.41) is 15.5. The van der Waals surface area contributed by atoms with Crippen molar-refractivity contribution >= 4 is 51.2 Å². The molecule has 162 valence electrons. The van der Waals surface area contributed by atoms with Gasteiger partial charge in [0.1, 0.15) is 33.5 Å². The number of phenols is 1. The number of aromatic nitrogens is 2. The second-order valence-corrected chi connectivity index (χ2v) is 9.24. The fourth-order valence-corrected chi connectivity index (χ4v) is 5.19. The standard InChI is InChI=1S/C23H18FN3O3S2/c1-12(21(30)27-18-9-14(10-28)3-8-19(18)29)32-23-20-17(15-4-6-16(24)7-5-15)11-31-22(20)25-13(2)26-23/h3-12,29H,1-2H3,(H,27,30). The third-order valence-corrected chi connectivity index (χ3v) is 6.70. The fraction of sp³-hybridized carbons (Fsp3) is 0.130. The molecule has 0 spiro atoms. The lowest BCUT2D eigenvalue weighted by atomic mass is 10.1. The molecule has 0 aliphatic rings. The van der Waals surface area contributed by atoms with E-state index in [1.54, 1.807) is 26.0 Å². The summed E-state index contributed by atoms with van der Waals surface area (Å²) in [5.74, 6) is -0.215. The Hall–Kier alpha value is -3.30. The number of benzene rings is 2. The highest BCUT2D eigenvalue weighted by molar-refractivity contribution is 8.00. The molecule has 0 saturated heterocycles. The molecule has 0 aliphatic carbocycles. The lowest BCUT2D eigenvalue weighted by Gasteiger charge is -2.14. The molecule has 0 aliphatic heterocycles. The van der Waals surface area contributed by atoms with Crippen molar-refractivity contribution in [3.8, 4) is 16.9 Å². The largest absolute Gasteiger partial charge is 0.506 e. The summed E-state index contributed by atoms with van der Waals surface area (Å²) in [6.45, 7) is 3.52. The van der Waals surface area contributed by atoms with Gasteiger partial charge in [0.2, 0.25) is 5.91 Å². The maximum atomic E-state index is 13.4. The van der Waals surface area contributed by atoms with Crippen LogP contribution in [-0.2, 0) is 4.79 Å². The number of hydrogen-bond donors (Lipinski definition) is 2. The number of anilines is 1. The lowest BCUT2D eigenvalue weighted by Crippen LogP contribution is -2.22. The molecule has 0 fully saturated rings. The highest BCUT2D eigenvalue weighted by Crippen LogP contribution is 2.39. The van der Waals surface area contributed by atoms with Crippen molar-refractivity contribution in [3.05, 3.63) is 65.0 Å². The van der Waals surface area contributed by atoms with Crippen molar-refractivity contribution in [1.29, 1.82) is 0 Å². The number of aldehydes is 1. The Bertz CT molecular complexity index is 1320. The van der Waals surface area contributed by atoms with Gasteiger partial charge in [0.15, 0.2) is 0 Å². The van der Waals surface area contributed by atoms with Gasteiger partial charge in [-0.05, 0) is 49.7 Å². The molecule has 0 bridgehead atoms. The number of thioether (sulfide) groups is 1. The zero-order valence-corrected chi connectivity index (χ0v) is 18.8. The van der Waals surface area contributed by atoms with E-state index < -0.39 is 5.25 Å². The molecule has 32 heavy (non-hydrogen) atoms. The number of aromatic hydroxyl groups is 1. The van der Waals surface area contributed by atoms with Gasteiger partial charge < -0.3 is 10.4 Å². The summed E-state index contributed by atoms with van der Waals surface area (Å²) in [7, 11) is 0. The van der Waals surface area contributed by atoms with Crippen molar-refractivity contribution in [2.75, 3.05) is 5.32 Å². The van der Waals surface area contributed by atoms with Crippen LogP contribution in [0.25, 0.3) is 21.3 Å². The van der Waals surface area contributed by atoms with E-state index in [0.29, 0.717) is 22.7 Å². The number of halogens is 1. The number of fused-ring (bicyclic) bond motifs is 1. The van der Waals surface area contributed by atoms with Gasteiger partial charge in [-0.2, -0.15) is 0 Å². The van der Waals surface area contributed by atoms with Crippen molar-refractivity contribution in [1.82, 2.24) is 9.97 Å². The second-order valence-electron chi connectivity index (χ2n) is 7.06. The van der Waals surface area contributed by atoms with E-state index >= 15 is 0 Å². The quantitative estimate of drug-likeness (QED) is 0.170. The van der Waals surface area contributed by atoms with E-state index in [9.17, 15) is 19.1 Å². The number of rotatable bonds is 6. The molecule has 1 unspecified atom stereocenters. The molecule has 6 nitrogen and oxygen atoms in total. The molecule has 0 radical (unpaired) electrons. The maximum Gasteiger partial charge on any atom is 0.237 e. The highest BCUT2D eigenvalue weighted by atomic mass is 32.2. The Kier molecular flexibility index (Phi) is 6.20. The van der Waals surface area contributed by atoms with Crippen LogP contribution >= 0.6 is 23.1 Å². The Morgan fingerprint density at radius 2 is 1.97 bits per heavy atom. The molecular formula is C23H18FN3O3S2. The normalized spacial score (nSPS) is 12.0. The molecule has 4 aromatic rings. The molecular weight excluding hydrogens is 449 g/mol. The summed E-state index contributed by atoms with van der Waals surface area (Å²) >= 11 is 2.73. The SMILES string of the molecule is Cc1nc(SC(C)C(=O)Nc2cc(C=O)ccc2O)c2c(-c3ccc(F)cc3)csc2n1. The number of phenolic OH excluding ortho intramolecular Hbond substituents is 1. The van der Waals surface area contributed by atoms with E-state index in [2.05, 4.69) is 15.3 Å². The minimum absolute atomic E-state index is 0.127. The van der Waals surface area contributed by atoms with Crippen LogP contribution in [-0.4, -0.2) is 32.5 Å². The van der Waals surface area contributed by atoms with Crippen LogP contribution in [0.2, 0.25) is 0 Å². The number of hydrogen-bond acceptors (Lipinski definition) is 7. The first-order chi connectivity index (χ1) is 15.4. The van der Waals surface area contributed by atoms with Crippen molar-refractivity contribution in [2.24, 2.45) is 0 Å². The molecule has 1 amide bonds. The first kappa shape index (κ1) is 21.9. The van der Waals surface area contributed by atoms with Crippen molar-refractivity contribution in [2.45, 2.75) is 24.1 Å². The van der Waals surface area contributed by atoms with Gasteiger partial charge in [0, 0.05) is 16.5 Å². The average molecular weight is 468 g/mol. The van der Waals surface area contributed by atoms with E-state index in [0.717, 1.165) is 21.3 Å². The lowest BCUT2D eigenvalue weighted by molar-refractivity contribution is -0.115. The summed E-state index contributed by atoms with van der Waals surface area (Å²) in [5.41, 5.74) is 2.21. The van der Waals surface area contributed by atoms with Crippen molar-refractivity contribution in [3.63, 3.8) is 0 Å². The van der Waals surface area contributed by atoms with Gasteiger partial charge in [0.05, 0.1) is 16.3 Å². The highest BCUT2D eigenvalue weighted by Gasteiger charge is 2.21. The zero-order valence-electron chi connectivity index (χ0n) is 17.1. The third-order valence-electron chi connectivity index (χ3n) is 4.74. The molecule has 2 aromatic heterocycles. The van der Waals surface area contributed by atoms with E-state index in [-0.39, 0.29) is 23.2 Å². The molecule has 9 heteroatoms. The predicted octanol–water partition coefficient (Wildman–Crippen LogP) is 5.44. The van der Waals surface area contributed by atoms with E-state index in [1.807, 2.05) is 5.38 Å². The number of amides is 1. The fourth-order valence-electron chi connectivity index (χ4n) is 3.12. The van der Waals surface area contributed by atoms with Gasteiger partial charge in [-0.25, -0.2) is 14.4 Å². The molecule has 1 atom stereocenters. The maximum absolute atomic E-state index is 13.4. The first-order valence-corrected chi connectivity index (χ1v) is 11.4. The van der Waals surface area contributed by atoms with Gasteiger partial charge in [-0.15, -0.1) is 11.3 Å². The number of carbonyl (C=O) groups excluding carboxylic acids is 2. The smallest absolute Gasteiger partial charge is 0.237 e. The minimum atomic E-state index is -0.562. The molecule has 2 N–H and O–H groups in total. The zero-order chi connectivity index (χ0) is 22.8. The van der Waals surface area contributed by atoms with Crippen LogP contribution in [0.1, 0.15) is 23.1 Å². The second kappa shape index (κ2) is 9.05. The van der Waals surface area contributed by atoms with Gasteiger partial charge >= 0.3 is 0 Å². The predicted molar refractivity (Wildman–Crippen MR) is 125 cm³/mol. The summed E-state index contributed by atoms with van der Waals surface area (Å²) in [4.78, 5) is 33.6. The van der Waals surface area contributed by atoms with Gasteiger partial charge in [0.25, 0.3) is 0 Å². The average Bonchev–Trinajstić information content (AvgIpc) is 3.19. The van der Waals surface area contributed by atoms with E-state index in [1.165, 1.54) is 53.4 Å². The van der Waals surface area contributed by atoms with Gasteiger partial charge in [-0.3, -0.25) is 9.59 Å². The molecule has 2 heterocycles. The monoisotopic (exact) mass is 467 g/mol. The van der Waals surface area contributed by atoms with E-state index in [4.69, 9.17) is 0 Å². The van der Waals surface area contributed by atoms with Gasteiger partial charge in [-0.1, -0.05) is 23.9 Å². The number of aryl methyl sites for hydroxylation is 1.